The smallest absolute Gasteiger partial charge is 0.125 e. The van der Waals surface area contributed by atoms with Crippen LogP contribution >= 0.6 is 23.4 Å². The second-order valence-electron chi connectivity index (χ2n) is 3.92. The van der Waals surface area contributed by atoms with Gasteiger partial charge in [-0.15, -0.1) is 0 Å². The Morgan fingerprint density at radius 1 is 1.06 bits per heavy atom. The maximum absolute atomic E-state index is 5.85. The summed E-state index contributed by atoms with van der Waals surface area (Å²) >= 11 is 7.72. The van der Waals surface area contributed by atoms with Gasteiger partial charge < -0.3 is 5.32 Å². The molecule has 0 aliphatic heterocycles. The van der Waals surface area contributed by atoms with Crippen molar-refractivity contribution in [2.45, 2.75) is 11.5 Å². The lowest BCUT2D eigenvalue weighted by atomic mass is 10.2. The van der Waals surface area contributed by atoms with E-state index in [0.29, 0.717) is 0 Å². The molecule has 2 aromatic rings. The molecule has 1 aromatic carbocycles. The number of halogens is 1. The predicted octanol–water partition coefficient (Wildman–Crippen LogP) is 4.21. The van der Waals surface area contributed by atoms with Crippen LogP contribution in [0.25, 0.3) is 0 Å². The Morgan fingerprint density at radius 2 is 1.72 bits per heavy atom. The molecule has 1 aromatic heterocycles. The molecule has 0 atom stereocenters. The van der Waals surface area contributed by atoms with E-state index in [1.165, 1.54) is 11.1 Å². The molecule has 0 radical (unpaired) electrons. The lowest BCUT2D eigenvalue weighted by Crippen LogP contribution is -1.92. The van der Waals surface area contributed by atoms with E-state index in [1.807, 2.05) is 43.2 Å². The van der Waals surface area contributed by atoms with Crippen molar-refractivity contribution < 1.29 is 0 Å². The third kappa shape index (κ3) is 3.93. The van der Waals surface area contributed by atoms with E-state index in [4.69, 9.17) is 11.6 Å². The molecule has 0 bridgehead atoms. The number of hydrogen-bond donors (Lipinski definition) is 1. The second-order valence-corrected chi connectivity index (χ2v) is 5.34. The van der Waals surface area contributed by atoms with Crippen LogP contribution in [0, 0.1) is 0 Å². The zero-order valence-electron chi connectivity index (χ0n) is 10.2. The number of anilines is 1. The van der Waals surface area contributed by atoms with Gasteiger partial charge in [0.25, 0.3) is 0 Å². The van der Waals surface area contributed by atoms with Crippen LogP contribution in [0.3, 0.4) is 0 Å². The largest absolute Gasteiger partial charge is 0.373 e. The van der Waals surface area contributed by atoms with E-state index < -0.39 is 0 Å². The number of benzene rings is 1. The van der Waals surface area contributed by atoms with Crippen LogP contribution in [0.2, 0.25) is 5.02 Å². The van der Waals surface area contributed by atoms with Gasteiger partial charge in [0.1, 0.15) is 5.82 Å². The molecule has 18 heavy (non-hydrogen) atoms. The first-order chi connectivity index (χ1) is 8.78. The van der Waals surface area contributed by atoms with Crippen molar-refractivity contribution in [1.82, 2.24) is 4.98 Å². The molecule has 94 valence electrons. The fourth-order valence-electron chi connectivity index (χ4n) is 1.53. The van der Waals surface area contributed by atoms with E-state index >= 15 is 0 Å². The highest BCUT2D eigenvalue weighted by atomic mass is 35.5. The number of nitrogens with one attached hydrogen (secondary N) is 1. The van der Waals surface area contributed by atoms with Crippen molar-refractivity contribution in [1.29, 1.82) is 0 Å². The van der Waals surface area contributed by atoms with Gasteiger partial charge in [-0.2, -0.15) is 11.8 Å². The molecule has 0 saturated carbocycles. The van der Waals surface area contributed by atoms with E-state index in [2.05, 4.69) is 28.5 Å². The summed E-state index contributed by atoms with van der Waals surface area (Å²) in [6.45, 7) is 0. The first-order valence-corrected chi connectivity index (χ1v) is 7.26. The van der Waals surface area contributed by atoms with Crippen LogP contribution in [0.5, 0.6) is 0 Å². The van der Waals surface area contributed by atoms with Gasteiger partial charge in [0.05, 0.1) is 0 Å². The van der Waals surface area contributed by atoms with Crippen LogP contribution in [0.15, 0.2) is 42.6 Å². The van der Waals surface area contributed by atoms with Crippen LogP contribution in [0.1, 0.15) is 11.1 Å². The maximum Gasteiger partial charge on any atom is 0.125 e. The summed E-state index contributed by atoms with van der Waals surface area (Å²) in [5.74, 6) is 2.87. The summed E-state index contributed by atoms with van der Waals surface area (Å²) in [5.41, 5.74) is 2.54. The van der Waals surface area contributed by atoms with Gasteiger partial charge in [0.2, 0.25) is 0 Å². The highest BCUT2D eigenvalue weighted by molar-refractivity contribution is 7.97. The molecule has 0 amide bonds. The van der Waals surface area contributed by atoms with Crippen molar-refractivity contribution in [3.05, 3.63) is 58.7 Å². The molecule has 0 unspecified atom stereocenters. The highest BCUT2D eigenvalue weighted by Gasteiger charge is 1.97. The van der Waals surface area contributed by atoms with Gasteiger partial charge in [-0.05, 0) is 29.3 Å². The van der Waals surface area contributed by atoms with Crippen molar-refractivity contribution in [3.8, 4) is 0 Å². The van der Waals surface area contributed by atoms with Crippen molar-refractivity contribution in [2.75, 3.05) is 12.4 Å². The van der Waals surface area contributed by atoms with Gasteiger partial charge >= 0.3 is 0 Å². The fourth-order valence-corrected chi connectivity index (χ4v) is 2.59. The monoisotopic (exact) mass is 278 g/mol. The summed E-state index contributed by atoms with van der Waals surface area (Å²) in [6, 6.07) is 12.1. The minimum Gasteiger partial charge on any atom is -0.373 e. The molecule has 2 rings (SSSR count). The molecule has 4 heteroatoms. The average Bonchev–Trinajstić information content (AvgIpc) is 2.42. The first-order valence-electron chi connectivity index (χ1n) is 5.73. The lowest BCUT2D eigenvalue weighted by Gasteiger charge is -2.04. The van der Waals surface area contributed by atoms with Gasteiger partial charge in [0.15, 0.2) is 0 Å². The minimum absolute atomic E-state index is 0.788. The number of nitrogens with zero attached hydrogens (tertiary/aromatic N) is 1. The van der Waals surface area contributed by atoms with Gasteiger partial charge in [0, 0.05) is 29.8 Å². The Morgan fingerprint density at radius 3 is 2.33 bits per heavy atom. The Labute approximate surface area is 117 Å². The normalized spacial score (nSPS) is 10.3. The molecule has 0 fully saturated rings. The zero-order chi connectivity index (χ0) is 12.8. The summed E-state index contributed by atoms with van der Waals surface area (Å²) in [6.07, 6.45) is 1.92. The first kappa shape index (κ1) is 13.2. The van der Waals surface area contributed by atoms with Gasteiger partial charge in [-0.3, -0.25) is 0 Å². The van der Waals surface area contributed by atoms with Crippen molar-refractivity contribution >= 4 is 29.2 Å². The number of hydrogen-bond acceptors (Lipinski definition) is 3. The third-order valence-electron chi connectivity index (χ3n) is 2.53. The number of rotatable bonds is 5. The molecular weight excluding hydrogens is 264 g/mol. The van der Waals surface area contributed by atoms with Crippen molar-refractivity contribution in [3.63, 3.8) is 0 Å². The average molecular weight is 279 g/mol. The second kappa shape index (κ2) is 6.66. The molecule has 0 saturated heterocycles. The Hall–Kier alpha value is -1.19. The summed E-state index contributed by atoms with van der Waals surface area (Å²) in [7, 11) is 1.87. The van der Waals surface area contributed by atoms with Crippen LogP contribution < -0.4 is 5.32 Å². The number of pyridine rings is 1. The Balaban J connectivity index is 1.82. The van der Waals surface area contributed by atoms with Crippen LogP contribution in [0.4, 0.5) is 5.82 Å². The van der Waals surface area contributed by atoms with Crippen LogP contribution in [-0.4, -0.2) is 12.0 Å². The Kier molecular flexibility index (Phi) is 4.90. The molecule has 0 aliphatic carbocycles. The van der Waals surface area contributed by atoms with Gasteiger partial charge in [-0.25, -0.2) is 4.98 Å². The predicted molar refractivity (Wildman–Crippen MR) is 80.2 cm³/mol. The number of aromatic nitrogens is 1. The van der Waals surface area contributed by atoms with E-state index in [1.54, 1.807) is 0 Å². The lowest BCUT2D eigenvalue weighted by molar-refractivity contribution is 1.23. The summed E-state index contributed by atoms with van der Waals surface area (Å²) in [5, 5.41) is 3.80. The molecule has 1 heterocycles. The molecule has 0 aliphatic rings. The van der Waals surface area contributed by atoms with E-state index in [-0.39, 0.29) is 0 Å². The number of thioether (sulfide) groups is 1. The highest BCUT2D eigenvalue weighted by Crippen LogP contribution is 2.19. The fraction of sp³-hybridized carbons (Fsp3) is 0.214. The summed E-state index contributed by atoms with van der Waals surface area (Å²) in [4.78, 5) is 4.29. The Bertz CT molecular complexity index is 482. The standard InChI is InChI=1S/C14H15ClN2S/c1-16-14-7-4-12(8-17-14)10-18-9-11-2-5-13(15)6-3-11/h2-8H,9-10H2,1H3,(H,16,17). The van der Waals surface area contributed by atoms with E-state index in [0.717, 1.165) is 22.3 Å². The maximum atomic E-state index is 5.85. The molecule has 2 nitrogen and oxygen atoms in total. The van der Waals surface area contributed by atoms with Crippen molar-refractivity contribution in [2.24, 2.45) is 0 Å². The van der Waals surface area contributed by atoms with E-state index in [9.17, 15) is 0 Å². The van der Waals surface area contributed by atoms with Gasteiger partial charge in [-0.1, -0.05) is 29.8 Å². The quantitative estimate of drug-likeness (QED) is 0.887. The molecular formula is C14H15ClN2S. The third-order valence-corrected chi connectivity index (χ3v) is 3.86. The summed E-state index contributed by atoms with van der Waals surface area (Å²) < 4.78 is 0. The van der Waals surface area contributed by atoms with Crippen LogP contribution in [-0.2, 0) is 11.5 Å². The molecule has 1 N–H and O–H groups in total. The topological polar surface area (TPSA) is 24.9 Å². The minimum atomic E-state index is 0.788. The SMILES string of the molecule is CNc1ccc(CSCc2ccc(Cl)cc2)cn1. The zero-order valence-corrected chi connectivity index (χ0v) is 11.8. The molecule has 0 spiro atoms.